The largest absolute Gasteiger partial charge is 0.416 e. The fraction of sp³-hybridized carbons (Fsp3) is 0.308. The van der Waals surface area contributed by atoms with Crippen LogP contribution in [0.25, 0.3) is 0 Å². The van der Waals surface area contributed by atoms with Crippen molar-refractivity contribution in [2.45, 2.75) is 26.1 Å². The van der Waals surface area contributed by atoms with Crippen molar-refractivity contribution in [1.82, 2.24) is 15.2 Å². The molecule has 0 saturated heterocycles. The Morgan fingerprint density at radius 3 is 2.50 bits per heavy atom. The van der Waals surface area contributed by atoms with E-state index < -0.39 is 23.6 Å². The van der Waals surface area contributed by atoms with Crippen LogP contribution < -0.4 is 10.6 Å². The summed E-state index contributed by atoms with van der Waals surface area (Å²) in [7, 11) is 1.50. The molecule has 1 aromatic heterocycles. The van der Waals surface area contributed by atoms with E-state index in [2.05, 4.69) is 15.6 Å². The minimum Gasteiger partial charge on any atom is -0.383 e. The maximum absolute atomic E-state index is 12.9. The van der Waals surface area contributed by atoms with Crippen LogP contribution in [0.3, 0.4) is 0 Å². The highest BCUT2D eigenvalue weighted by Crippen LogP contribution is 2.29. The van der Waals surface area contributed by atoms with Crippen LogP contribution in [0.2, 0.25) is 0 Å². The Hall–Kier alpha value is -3.77. The Labute approximate surface area is 221 Å². The maximum atomic E-state index is 12.9. The number of nitrogens with zero attached hydrogens (tertiary/aromatic N) is 2. The molecule has 3 amide bonds. The number of carbonyl (C=O) groups excluding carboxylic acids is 3. The standard InChI is InChI=1S/C26H27F3N4O4S/c1-17-6-8-19(9-7-17)24(36)33(10-11-37-2)15-23(35)32-25-31-21(16-38-25)13-22(34)30-14-18-4-3-5-20(12-18)26(27,28)29/h3-9,12,16H,10-11,13-15H2,1-2H3,(H,30,34)(H,31,32,35). The topological polar surface area (TPSA) is 101 Å². The van der Waals surface area contributed by atoms with Gasteiger partial charge in [-0.05, 0) is 36.8 Å². The van der Waals surface area contributed by atoms with E-state index in [1.807, 2.05) is 19.1 Å². The van der Waals surface area contributed by atoms with Crippen LogP contribution in [0.15, 0.2) is 53.9 Å². The third kappa shape index (κ3) is 8.67. The lowest BCUT2D eigenvalue weighted by molar-refractivity contribution is -0.137. The molecule has 1 heterocycles. The van der Waals surface area contributed by atoms with Crippen LogP contribution in [-0.4, -0.2) is 54.4 Å². The molecule has 3 aromatic rings. The van der Waals surface area contributed by atoms with Gasteiger partial charge in [0.1, 0.15) is 6.54 Å². The van der Waals surface area contributed by atoms with Crippen LogP contribution in [0.4, 0.5) is 18.3 Å². The van der Waals surface area contributed by atoms with E-state index >= 15 is 0 Å². The zero-order valence-electron chi connectivity index (χ0n) is 20.8. The number of aromatic nitrogens is 1. The maximum Gasteiger partial charge on any atom is 0.416 e. The van der Waals surface area contributed by atoms with Gasteiger partial charge >= 0.3 is 6.18 Å². The number of benzene rings is 2. The molecule has 38 heavy (non-hydrogen) atoms. The van der Waals surface area contributed by atoms with Crippen molar-refractivity contribution < 1.29 is 32.3 Å². The van der Waals surface area contributed by atoms with Crippen LogP contribution in [0, 0.1) is 6.92 Å². The Balaban J connectivity index is 1.53. The van der Waals surface area contributed by atoms with Crippen molar-refractivity contribution in [3.8, 4) is 0 Å². The Kier molecular flexibility index (Phi) is 9.97. The number of aryl methyl sites for hydroxylation is 1. The number of alkyl halides is 3. The summed E-state index contributed by atoms with van der Waals surface area (Å²) in [6, 6.07) is 11.7. The van der Waals surface area contributed by atoms with Crippen molar-refractivity contribution in [1.29, 1.82) is 0 Å². The van der Waals surface area contributed by atoms with Gasteiger partial charge in [-0.15, -0.1) is 11.3 Å². The van der Waals surface area contributed by atoms with E-state index in [1.165, 1.54) is 24.1 Å². The monoisotopic (exact) mass is 548 g/mol. The van der Waals surface area contributed by atoms with Crippen LogP contribution in [0.5, 0.6) is 0 Å². The van der Waals surface area contributed by atoms with Gasteiger partial charge in [0.2, 0.25) is 11.8 Å². The molecule has 0 aliphatic rings. The molecule has 12 heteroatoms. The number of hydrogen-bond donors (Lipinski definition) is 2. The lowest BCUT2D eigenvalue weighted by Gasteiger charge is -2.21. The predicted octanol–water partition coefficient (Wildman–Crippen LogP) is 4.06. The summed E-state index contributed by atoms with van der Waals surface area (Å²) >= 11 is 1.11. The van der Waals surface area contributed by atoms with Crippen molar-refractivity contribution in [3.05, 3.63) is 81.9 Å². The number of thiazole rings is 1. The second-order valence-electron chi connectivity index (χ2n) is 8.43. The fourth-order valence-electron chi connectivity index (χ4n) is 3.40. The van der Waals surface area contributed by atoms with Gasteiger partial charge in [-0.1, -0.05) is 29.8 Å². The van der Waals surface area contributed by atoms with E-state index in [9.17, 15) is 27.6 Å². The molecule has 0 unspecified atom stereocenters. The number of amides is 3. The zero-order chi connectivity index (χ0) is 27.7. The number of hydrogen-bond acceptors (Lipinski definition) is 6. The average molecular weight is 549 g/mol. The number of halogens is 3. The first-order valence-corrected chi connectivity index (χ1v) is 12.4. The van der Waals surface area contributed by atoms with Crippen molar-refractivity contribution in [2.24, 2.45) is 0 Å². The Morgan fingerprint density at radius 1 is 1.08 bits per heavy atom. The highest BCUT2D eigenvalue weighted by molar-refractivity contribution is 7.13. The fourth-order valence-corrected chi connectivity index (χ4v) is 4.12. The van der Waals surface area contributed by atoms with Gasteiger partial charge in [0, 0.05) is 31.1 Å². The first kappa shape index (κ1) is 28.8. The number of carbonyl (C=O) groups is 3. The molecular formula is C26H27F3N4O4S. The number of nitrogens with one attached hydrogen (secondary N) is 2. The van der Waals surface area contributed by atoms with Gasteiger partial charge < -0.3 is 20.3 Å². The van der Waals surface area contributed by atoms with E-state index in [0.29, 0.717) is 16.8 Å². The highest BCUT2D eigenvalue weighted by atomic mass is 32.1. The average Bonchev–Trinajstić information content (AvgIpc) is 3.31. The summed E-state index contributed by atoms with van der Waals surface area (Å²) < 4.78 is 43.6. The Morgan fingerprint density at radius 2 is 1.82 bits per heavy atom. The minimum absolute atomic E-state index is 0.0667. The molecule has 0 aliphatic heterocycles. The quantitative estimate of drug-likeness (QED) is 0.377. The summed E-state index contributed by atoms with van der Waals surface area (Å²) in [5.41, 5.74) is 1.38. The first-order valence-electron chi connectivity index (χ1n) is 11.6. The molecule has 0 radical (unpaired) electrons. The Bertz CT molecular complexity index is 1260. The molecule has 0 atom stereocenters. The summed E-state index contributed by atoms with van der Waals surface area (Å²) in [6.07, 6.45) is -4.58. The minimum atomic E-state index is -4.46. The molecule has 202 valence electrons. The smallest absolute Gasteiger partial charge is 0.383 e. The SMILES string of the molecule is COCCN(CC(=O)Nc1nc(CC(=O)NCc2cccc(C(F)(F)F)c2)cs1)C(=O)c1ccc(C)cc1. The molecule has 0 saturated carbocycles. The van der Waals surface area contributed by atoms with E-state index in [4.69, 9.17) is 4.74 Å². The normalized spacial score (nSPS) is 11.2. The number of methoxy groups -OCH3 is 1. The summed E-state index contributed by atoms with van der Waals surface area (Å²) in [5, 5.41) is 7.05. The zero-order valence-corrected chi connectivity index (χ0v) is 21.6. The highest BCUT2D eigenvalue weighted by Gasteiger charge is 2.30. The second kappa shape index (κ2) is 13.2. The lowest BCUT2D eigenvalue weighted by Crippen LogP contribution is -2.40. The van der Waals surface area contributed by atoms with Gasteiger partial charge in [-0.25, -0.2) is 4.98 Å². The summed E-state index contributed by atoms with van der Waals surface area (Å²) in [6.45, 7) is 2.09. The summed E-state index contributed by atoms with van der Waals surface area (Å²) in [5.74, 6) is -1.20. The second-order valence-corrected chi connectivity index (χ2v) is 9.29. The number of ether oxygens (including phenoxy) is 1. The van der Waals surface area contributed by atoms with Crippen LogP contribution in [-0.2, 0) is 33.5 Å². The van der Waals surface area contributed by atoms with E-state index in [1.54, 1.807) is 17.5 Å². The van der Waals surface area contributed by atoms with Crippen molar-refractivity contribution >= 4 is 34.2 Å². The molecular weight excluding hydrogens is 521 g/mol. The van der Waals surface area contributed by atoms with Crippen molar-refractivity contribution in [2.75, 3.05) is 32.1 Å². The third-order valence-corrected chi connectivity index (χ3v) is 6.18. The van der Waals surface area contributed by atoms with Crippen LogP contribution in [0.1, 0.15) is 32.7 Å². The van der Waals surface area contributed by atoms with E-state index in [0.717, 1.165) is 29.0 Å². The van der Waals surface area contributed by atoms with Gasteiger partial charge in [0.15, 0.2) is 5.13 Å². The summed E-state index contributed by atoms with van der Waals surface area (Å²) in [4.78, 5) is 43.4. The van der Waals surface area contributed by atoms with Gasteiger partial charge in [-0.2, -0.15) is 13.2 Å². The molecule has 0 aliphatic carbocycles. The first-order chi connectivity index (χ1) is 18.0. The van der Waals surface area contributed by atoms with Gasteiger partial charge in [-0.3, -0.25) is 14.4 Å². The molecule has 0 bridgehead atoms. The third-order valence-electron chi connectivity index (χ3n) is 5.37. The van der Waals surface area contributed by atoms with Crippen LogP contribution >= 0.6 is 11.3 Å². The lowest BCUT2D eigenvalue weighted by atomic mass is 10.1. The molecule has 3 rings (SSSR count). The molecule has 0 fully saturated rings. The van der Waals surface area contributed by atoms with E-state index in [-0.39, 0.29) is 43.7 Å². The number of rotatable bonds is 11. The van der Waals surface area contributed by atoms with Gasteiger partial charge in [0.25, 0.3) is 5.91 Å². The van der Waals surface area contributed by atoms with Crippen molar-refractivity contribution in [3.63, 3.8) is 0 Å². The molecule has 0 spiro atoms. The predicted molar refractivity (Wildman–Crippen MR) is 137 cm³/mol. The molecule has 2 aromatic carbocycles. The number of anilines is 1. The van der Waals surface area contributed by atoms with Gasteiger partial charge in [0.05, 0.1) is 24.3 Å². The molecule has 8 nitrogen and oxygen atoms in total. The molecule has 2 N–H and O–H groups in total.